The van der Waals surface area contributed by atoms with Crippen LogP contribution in [-0.2, 0) is 33.3 Å². The molecule has 506 valence electrons. The number of nitrogens with zero attached hydrogens (tertiary/aromatic N) is 1. The van der Waals surface area contributed by atoms with E-state index in [-0.39, 0.29) is 32.2 Å². The summed E-state index contributed by atoms with van der Waals surface area (Å²) < 4.78 is 22.9. The first-order valence-electron chi connectivity index (χ1n) is 38.2. The van der Waals surface area contributed by atoms with E-state index in [4.69, 9.17) is 18.9 Å². The van der Waals surface area contributed by atoms with Gasteiger partial charge in [0.15, 0.2) is 12.4 Å². The van der Waals surface area contributed by atoms with E-state index < -0.39 is 24.3 Å². The van der Waals surface area contributed by atoms with E-state index in [1.54, 1.807) is 0 Å². The van der Waals surface area contributed by atoms with Gasteiger partial charge in [-0.15, -0.1) is 0 Å². The standard InChI is InChI=1S/C76H149NO8/c1-6-8-10-12-14-16-18-20-22-24-26-28-30-32-34-36-37-38-39-41-43-45-47-49-51-53-55-57-59-61-63-65-67-74(79)85-72(71-84-76(75(80)81)82-69-68-77(3,4)5)70-83-73(78)66-64-62-60-58-56-54-52-50-48-46-44-42-40-35-33-31-29-27-25-23-21-19-17-15-13-11-9-7-2/h72,76H,6-71H2,1-5H3. The van der Waals surface area contributed by atoms with Crippen molar-refractivity contribution in [3.8, 4) is 0 Å². The summed E-state index contributed by atoms with van der Waals surface area (Å²) in [6.07, 6.45) is 79.3. The summed E-state index contributed by atoms with van der Waals surface area (Å²) in [6, 6.07) is 0. The van der Waals surface area contributed by atoms with Gasteiger partial charge in [-0.2, -0.15) is 0 Å². The normalized spacial score (nSPS) is 12.5. The van der Waals surface area contributed by atoms with Gasteiger partial charge in [-0.1, -0.05) is 386 Å². The third-order valence-electron chi connectivity index (χ3n) is 17.9. The number of carboxylic acid groups (broad SMARTS) is 1. The Balaban J connectivity index is 3.98. The number of aliphatic carboxylic acids is 1. The van der Waals surface area contributed by atoms with Crippen molar-refractivity contribution in [3.63, 3.8) is 0 Å². The molecule has 0 aliphatic carbocycles. The molecule has 0 rings (SSSR count). The van der Waals surface area contributed by atoms with Crippen molar-refractivity contribution in [3.05, 3.63) is 0 Å². The van der Waals surface area contributed by atoms with Crippen LogP contribution in [0.15, 0.2) is 0 Å². The van der Waals surface area contributed by atoms with Gasteiger partial charge >= 0.3 is 11.9 Å². The molecular weight excluding hydrogens is 1050 g/mol. The number of hydrogen-bond acceptors (Lipinski definition) is 8. The van der Waals surface area contributed by atoms with Gasteiger partial charge in [0.25, 0.3) is 0 Å². The molecule has 9 nitrogen and oxygen atoms in total. The van der Waals surface area contributed by atoms with Crippen LogP contribution in [-0.4, -0.2) is 82.3 Å². The highest BCUT2D eigenvalue weighted by molar-refractivity contribution is 5.70. The summed E-state index contributed by atoms with van der Waals surface area (Å²) in [4.78, 5) is 37.5. The fourth-order valence-corrected chi connectivity index (χ4v) is 12.0. The van der Waals surface area contributed by atoms with E-state index >= 15 is 0 Å². The van der Waals surface area contributed by atoms with E-state index in [1.807, 2.05) is 21.1 Å². The second kappa shape index (κ2) is 68.2. The van der Waals surface area contributed by atoms with Gasteiger partial charge in [-0.05, 0) is 12.8 Å². The highest BCUT2D eigenvalue weighted by atomic mass is 16.7. The Morgan fingerprint density at radius 3 is 0.753 bits per heavy atom. The van der Waals surface area contributed by atoms with Gasteiger partial charge in [-0.25, -0.2) is 0 Å². The minimum absolute atomic E-state index is 0.154. The lowest BCUT2D eigenvalue weighted by Gasteiger charge is -2.26. The van der Waals surface area contributed by atoms with E-state index in [2.05, 4.69) is 13.8 Å². The minimum atomic E-state index is -1.62. The zero-order chi connectivity index (χ0) is 61.9. The Labute approximate surface area is 530 Å². The molecule has 0 N–H and O–H groups in total. The Kier molecular flexibility index (Phi) is 66.8. The van der Waals surface area contributed by atoms with Gasteiger partial charge in [0.1, 0.15) is 13.2 Å². The number of carbonyl (C=O) groups excluding carboxylic acids is 3. The van der Waals surface area contributed by atoms with Crippen molar-refractivity contribution in [2.75, 3.05) is 47.5 Å². The molecule has 0 heterocycles. The van der Waals surface area contributed by atoms with Crippen molar-refractivity contribution >= 4 is 17.9 Å². The van der Waals surface area contributed by atoms with Gasteiger partial charge in [0.05, 0.1) is 40.3 Å². The molecule has 0 aromatic heterocycles. The van der Waals surface area contributed by atoms with Crippen LogP contribution in [0.5, 0.6) is 0 Å². The highest BCUT2D eigenvalue weighted by Crippen LogP contribution is 2.20. The van der Waals surface area contributed by atoms with Gasteiger partial charge in [-0.3, -0.25) is 9.59 Å². The number of ether oxygens (including phenoxy) is 4. The second-order valence-corrected chi connectivity index (χ2v) is 27.7. The summed E-state index contributed by atoms with van der Waals surface area (Å²) in [5.41, 5.74) is 0. The van der Waals surface area contributed by atoms with Crippen molar-refractivity contribution < 1.29 is 42.9 Å². The van der Waals surface area contributed by atoms with Gasteiger partial charge in [0, 0.05) is 12.8 Å². The van der Waals surface area contributed by atoms with Crippen LogP contribution >= 0.6 is 0 Å². The van der Waals surface area contributed by atoms with Gasteiger partial charge < -0.3 is 33.3 Å². The number of carbonyl (C=O) groups is 3. The van der Waals surface area contributed by atoms with Crippen LogP contribution < -0.4 is 5.11 Å². The molecular formula is C76H149NO8. The molecule has 0 aliphatic rings. The number of unbranched alkanes of at least 4 members (excludes halogenated alkanes) is 58. The summed E-state index contributed by atoms with van der Waals surface area (Å²) >= 11 is 0. The first-order valence-corrected chi connectivity index (χ1v) is 38.2. The number of likely N-dealkylation sites (N-methyl/N-ethyl adjacent to an activating group) is 1. The number of esters is 2. The molecule has 9 heteroatoms. The molecule has 0 spiro atoms. The monoisotopic (exact) mass is 1200 g/mol. The Bertz CT molecular complexity index is 1350. The third-order valence-corrected chi connectivity index (χ3v) is 17.9. The third kappa shape index (κ3) is 69.6. The maximum atomic E-state index is 13.0. The van der Waals surface area contributed by atoms with Crippen LogP contribution in [0.2, 0.25) is 0 Å². The molecule has 0 aromatic carbocycles. The van der Waals surface area contributed by atoms with Crippen LogP contribution in [0.4, 0.5) is 0 Å². The predicted molar refractivity (Wildman–Crippen MR) is 362 cm³/mol. The van der Waals surface area contributed by atoms with Crippen molar-refractivity contribution in [1.29, 1.82) is 0 Å². The first-order chi connectivity index (χ1) is 41.6. The van der Waals surface area contributed by atoms with Crippen molar-refractivity contribution in [2.24, 2.45) is 0 Å². The molecule has 0 aliphatic heterocycles. The molecule has 2 unspecified atom stereocenters. The summed E-state index contributed by atoms with van der Waals surface area (Å²) in [6.45, 7) is 4.85. The zero-order valence-corrected chi connectivity index (χ0v) is 58.0. The van der Waals surface area contributed by atoms with Crippen LogP contribution in [0.1, 0.15) is 412 Å². The average molecular weight is 1210 g/mol. The maximum Gasteiger partial charge on any atom is 0.306 e. The largest absolute Gasteiger partial charge is 0.545 e. The summed E-state index contributed by atoms with van der Waals surface area (Å²) in [5, 5.41) is 11.8. The molecule has 0 aromatic rings. The number of hydrogen-bond donors (Lipinski definition) is 0. The molecule has 0 bridgehead atoms. The molecule has 2 atom stereocenters. The van der Waals surface area contributed by atoms with Crippen LogP contribution in [0.25, 0.3) is 0 Å². The lowest BCUT2D eigenvalue weighted by Crippen LogP contribution is -2.44. The quantitative estimate of drug-likeness (QED) is 0.0256. The number of carboxylic acids is 1. The predicted octanol–water partition coefficient (Wildman–Crippen LogP) is 22.5. The molecule has 0 saturated carbocycles. The molecule has 0 fully saturated rings. The van der Waals surface area contributed by atoms with E-state index in [0.717, 1.165) is 38.5 Å². The lowest BCUT2D eigenvalue weighted by molar-refractivity contribution is -0.870. The van der Waals surface area contributed by atoms with Crippen molar-refractivity contribution in [2.45, 2.75) is 424 Å². The molecule has 0 amide bonds. The van der Waals surface area contributed by atoms with Gasteiger partial charge in [0.2, 0.25) is 0 Å². The smallest absolute Gasteiger partial charge is 0.306 e. The summed E-state index contributed by atoms with van der Waals surface area (Å²) in [7, 11) is 5.95. The van der Waals surface area contributed by atoms with E-state index in [9.17, 15) is 19.5 Å². The molecule has 0 radical (unpaired) electrons. The topological polar surface area (TPSA) is 111 Å². The molecule has 85 heavy (non-hydrogen) atoms. The summed E-state index contributed by atoms with van der Waals surface area (Å²) in [5.74, 6) is -2.24. The SMILES string of the molecule is CCCCCCCCCCCCCCCCCCCCCCCCCCCCCCCCCCC(=O)OC(COC(=O)CCCCCCCCCCCCCCCCCCCCCCCCCCCCCC)COC(OCC[N+](C)(C)C)C(=O)[O-]. The first kappa shape index (κ1) is 83.3. The van der Waals surface area contributed by atoms with E-state index in [1.165, 1.54) is 347 Å². The number of quaternary nitrogens is 1. The Morgan fingerprint density at radius 2 is 0.529 bits per heavy atom. The van der Waals surface area contributed by atoms with Crippen LogP contribution in [0, 0.1) is 0 Å². The Hall–Kier alpha value is -1.71. The fourth-order valence-electron chi connectivity index (χ4n) is 12.0. The second-order valence-electron chi connectivity index (χ2n) is 27.7. The Morgan fingerprint density at radius 1 is 0.306 bits per heavy atom. The zero-order valence-electron chi connectivity index (χ0n) is 58.0. The minimum Gasteiger partial charge on any atom is -0.545 e. The number of rotatable bonds is 73. The maximum absolute atomic E-state index is 13.0. The highest BCUT2D eigenvalue weighted by Gasteiger charge is 2.22. The van der Waals surface area contributed by atoms with Crippen LogP contribution in [0.3, 0.4) is 0 Å². The van der Waals surface area contributed by atoms with Crippen molar-refractivity contribution in [1.82, 2.24) is 0 Å². The average Bonchev–Trinajstić information content (AvgIpc) is 3.48. The molecule has 0 saturated heterocycles. The lowest BCUT2D eigenvalue weighted by atomic mass is 10.0. The van der Waals surface area contributed by atoms with E-state index in [0.29, 0.717) is 17.4 Å². The fraction of sp³-hybridized carbons (Fsp3) is 0.961.